The number of nitrogens with zero attached hydrogens (tertiary/aromatic N) is 1. The van der Waals surface area contributed by atoms with Gasteiger partial charge in [0.1, 0.15) is 11.5 Å². The van der Waals surface area contributed by atoms with Crippen LogP contribution in [0.2, 0.25) is 0 Å². The van der Waals surface area contributed by atoms with Gasteiger partial charge in [-0.05, 0) is 54.0 Å². The molecule has 1 aliphatic heterocycles. The molecule has 5 rings (SSSR count). The molecule has 0 unspecified atom stereocenters. The average Bonchev–Trinajstić information content (AvgIpc) is 3.11. The van der Waals surface area contributed by atoms with Crippen LogP contribution in [0.15, 0.2) is 54.6 Å². The standard InChI is InChI=1S/C24H18N2O4/c1-25-20-11-12-21(18-7-3-2-6-17(18)20)29-15-9-10-16-14(13-15)5-4-8-19(16)22-23(27)26-24(28)30-22/h2-3,6-7,9-13,19,22H,4-5,8H2,(H,26,27,28)/t19-,22+/m1/s1. The molecule has 1 fully saturated rings. The highest BCUT2D eigenvalue weighted by atomic mass is 16.6. The number of ether oxygens (including phenoxy) is 2. The summed E-state index contributed by atoms with van der Waals surface area (Å²) in [5.74, 6) is 0.870. The van der Waals surface area contributed by atoms with Gasteiger partial charge in [0.25, 0.3) is 5.91 Å². The topological polar surface area (TPSA) is 69.0 Å². The number of carbonyl (C=O) groups excluding carboxylic acids is 2. The minimum absolute atomic E-state index is 0.145. The number of hydrogen-bond acceptors (Lipinski definition) is 4. The zero-order chi connectivity index (χ0) is 20.7. The van der Waals surface area contributed by atoms with Gasteiger partial charge in [0.05, 0.1) is 6.57 Å². The van der Waals surface area contributed by atoms with E-state index in [9.17, 15) is 9.59 Å². The third kappa shape index (κ3) is 3.05. The average molecular weight is 398 g/mol. The Balaban J connectivity index is 1.47. The molecule has 2 atom stereocenters. The normalized spacial score (nSPS) is 20.2. The van der Waals surface area contributed by atoms with Gasteiger partial charge in [0, 0.05) is 11.3 Å². The Hall–Kier alpha value is -3.85. The third-order valence-corrected chi connectivity index (χ3v) is 5.77. The van der Waals surface area contributed by atoms with Crippen LogP contribution in [-0.4, -0.2) is 18.1 Å². The molecular formula is C24H18N2O4. The van der Waals surface area contributed by atoms with Crippen LogP contribution in [0.5, 0.6) is 11.5 Å². The Bertz CT molecular complexity index is 1230. The summed E-state index contributed by atoms with van der Waals surface area (Å²) in [7, 11) is 0. The molecule has 2 amide bonds. The number of cyclic esters (lactones) is 1. The quantitative estimate of drug-likeness (QED) is 0.613. The van der Waals surface area contributed by atoms with E-state index >= 15 is 0 Å². The molecule has 6 heteroatoms. The zero-order valence-corrected chi connectivity index (χ0v) is 16.1. The first kappa shape index (κ1) is 18.2. The fourth-order valence-corrected chi connectivity index (χ4v) is 4.41. The van der Waals surface area contributed by atoms with Crippen molar-refractivity contribution in [3.63, 3.8) is 0 Å². The van der Waals surface area contributed by atoms with Crippen LogP contribution in [0, 0.1) is 6.57 Å². The number of rotatable bonds is 3. The van der Waals surface area contributed by atoms with E-state index in [0.29, 0.717) is 17.2 Å². The van der Waals surface area contributed by atoms with E-state index in [1.165, 1.54) is 0 Å². The summed E-state index contributed by atoms with van der Waals surface area (Å²) < 4.78 is 11.4. The van der Waals surface area contributed by atoms with E-state index in [4.69, 9.17) is 16.0 Å². The first-order chi connectivity index (χ1) is 14.6. The van der Waals surface area contributed by atoms with Gasteiger partial charge in [-0.15, -0.1) is 0 Å². The number of hydrogen-bond donors (Lipinski definition) is 1. The van der Waals surface area contributed by atoms with Crippen LogP contribution < -0.4 is 10.1 Å². The SMILES string of the molecule is [C-]#[N+]c1ccc(Oc2ccc3c(c2)CCC[C@H]3[C@@H]2OC(=O)NC2=O)c2ccccc12. The lowest BCUT2D eigenvalue weighted by Crippen LogP contribution is -2.31. The van der Waals surface area contributed by atoms with Crippen molar-refractivity contribution in [2.24, 2.45) is 0 Å². The molecule has 148 valence electrons. The van der Waals surface area contributed by atoms with Crippen LogP contribution >= 0.6 is 0 Å². The number of fused-ring (bicyclic) bond motifs is 2. The fourth-order valence-electron chi connectivity index (χ4n) is 4.41. The van der Waals surface area contributed by atoms with Crippen LogP contribution in [0.4, 0.5) is 10.5 Å². The summed E-state index contributed by atoms with van der Waals surface area (Å²) >= 11 is 0. The number of amides is 2. The molecule has 1 aliphatic carbocycles. The predicted octanol–water partition coefficient (Wildman–Crippen LogP) is 5.24. The smallest absolute Gasteiger partial charge is 0.414 e. The van der Waals surface area contributed by atoms with Crippen molar-refractivity contribution in [2.45, 2.75) is 31.3 Å². The Morgan fingerprint density at radius 3 is 2.67 bits per heavy atom. The van der Waals surface area contributed by atoms with Gasteiger partial charge in [0.2, 0.25) is 0 Å². The fraction of sp³-hybridized carbons (Fsp3) is 0.208. The summed E-state index contributed by atoms with van der Waals surface area (Å²) in [6, 6.07) is 17.1. The maximum atomic E-state index is 12.1. The van der Waals surface area contributed by atoms with Gasteiger partial charge in [-0.25, -0.2) is 9.64 Å². The molecule has 0 saturated carbocycles. The molecule has 0 aromatic heterocycles. The molecule has 1 saturated heterocycles. The lowest BCUT2D eigenvalue weighted by Gasteiger charge is -2.28. The van der Waals surface area contributed by atoms with Crippen molar-refractivity contribution in [1.82, 2.24) is 5.32 Å². The van der Waals surface area contributed by atoms with Gasteiger partial charge in [-0.1, -0.05) is 36.4 Å². The highest BCUT2D eigenvalue weighted by molar-refractivity contribution is 6.00. The molecule has 0 radical (unpaired) electrons. The zero-order valence-electron chi connectivity index (χ0n) is 16.1. The molecule has 1 N–H and O–H groups in total. The minimum atomic E-state index is -0.770. The molecule has 3 aromatic rings. The summed E-state index contributed by atoms with van der Waals surface area (Å²) in [5, 5.41) is 3.96. The molecule has 0 bridgehead atoms. The highest BCUT2D eigenvalue weighted by Gasteiger charge is 2.41. The first-order valence-corrected chi connectivity index (χ1v) is 9.85. The van der Waals surface area contributed by atoms with E-state index in [0.717, 1.165) is 41.2 Å². The van der Waals surface area contributed by atoms with Crippen molar-refractivity contribution < 1.29 is 19.1 Å². The second-order valence-electron chi connectivity index (χ2n) is 7.52. The van der Waals surface area contributed by atoms with Crippen molar-refractivity contribution in [3.05, 3.63) is 77.1 Å². The molecular weight excluding hydrogens is 380 g/mol. The molecule has 2 aliphatic rings. The molecule has 30 heavy (non-hydrogen) atoms. The second-order valence-corrected chi connectivity index (χ2v) is 7.52. The van der Waals surface area contributed by atoms with Crippen molar-refractivity contribution >= 4 is 28.5 Å². The van der Waals surface area contributed by atoms with E-state index < -0.39 is 12.2 Å². The van der Waals surface area contributed by atoms with E-state index in [2.05, 4.69) is 10.2 Å². The first-order valence-electron chi connectivity index (χ1n) is 9.85. The number of aryl methyl sites for hydroxylation is 1. The Labute approximate surface area is 173 Å². The van der Waals surface area contributed by atoms with Gasteiger partial charge in [0.15, 0.2) is 11.8 Å². The van der Waals surface area contributed by atoms with Crippen molar-refractivity contribution in [1.29, 1.82) is 0 Å². The van der Waals surface area contributed by atoms with Gasteiger partial charge >= 0.3 is 6.09 Å². The summed E-state index contributed by atoms with van der Waals surface area (Å²) in [6.45, 7) is 7.36. The Morgan fingerprint density at radius 2 is 1.90 bits per heavy atom. The number of carbonyl (C=O) groups is 2. The lowest BCUT2D eigenvalue weighted by molar-refractivity contribution is -0.124. The van der Waals surface area contributed by atoms with Gasteiger partial charge in [-0.2, -0.15) is 0 Å². The van der Waals surface area contributed by atoms with Crippen LogP contribution in [0.25, 0.3) is 15.6 Å². The summed E-state index contributed by atoms with van der Waals surface area (Å²) in [6.07, 6.45) is 1.13. The molecule has 1 heterocycles. The van der Waals surface area contributed by atoms with Crippen molar-refractivity contribution in [2.75, 3.05) is 0 Å². The van der Waals surface area contributed by atoms with Crippen molar-refractivity contribution in [3.8, 4) is 11.5 Å². The second kappa shape index (κ2) is 7.20. The van der Waals surface area contributed by atoms with E-state index in [1.54, 1.807) is 6.07 Å². The highest BCUT2D eigenvalue weighted by Crippen LogP contribution is 2.40. The van der Waals surface area contributed by atoms with E-state index in [-0.39, 0.29) is 11.8 Å². The largest absolute Gasteiger partial charge is 0.457 e. The van der Waals surface area contributed by atoms with Gasteiger partial charge < -0.3 is 9.47 Å². The Morgan fingerprint density at radius 1 is 1.07 bits per heavy atom. The number of nitrogens with one attached hydrogen (secondary N) is 1. The number of benzene rings is 3. The third-order valence-electron chi connectivity index (χ3n) is 5.77. The lowest BCUT2D eigenvalue weighted by atomic mass is 9.79. The Kier molecular flexibility index (Phi) is 4.36. The van der Waals surface area contributed by atoms with Crippen LogP contribution in [0.1, 0.15) is 29.9 Å². The van der Waals surface area contributed by atoms with Crippen LogP contribution in [-0.2, 0) is 16.0 Å². The van der Waals surface area contributed by atoms with Gasteiger partial charge in [-0.3, -0.25) is 10.1 Å². The number of alkyl carbamates (subject to hydrolysis) is 1. The summed E-state index contributed by atoms with van der Waals surface area (Å²) in [4.78, 5) is 27.1. The summed E-state index contributed by atoms with van der Waals surface area (Å²) in [5.41, 5.74) is 2.72. The van der Waals surface area contributed by atoms with Crippen LogP contribution in [0.3, 0.4) is 0 Å². The maximum Gasteiger partial charge on any atom is 0.414 e. The molecule has 3 aromatic carbocycles. The molecule has 6 nitrogen and oxygen atoms in total. The number of imide groups is 1. The predicted molar refractivity (Wildman–Crippen MR) is 111 cm³/mol. The van der Waals surface area contributed by atoms with E-state index in [1.807, 2.05) is 48.5 Å². The molecule has 0 spiro atoms. The minimum Gasteiger partial charge on any atom is -0.457 e. The maximum absolute atomic E-state index is 12.1. The monoisotopic (exact) mass is 398 g/mol.